The molecule has 8 nitrogen and oxygen atoms in total. The van der Waals surface area contributed by atoms with Gasteiger partial charge in [0, 0.05) is 0 Å². The van der Waals surface area contributed by atoms with E-state index >= 15 is 0 Å². The molecule has 0 aliphatic rings. The molecule has 0 radical (unpaired) electrons. The Bertz CT molecular complexity index is 808. The highest BCUT2D eigenvalue weighted by atomic mass is 16.6. The van der Waals surface area contributed by atoms with Crippen LogP contribution in [0.1, 0.15) is 58.9 Å². The van der Waals surface area contributed by atoms with E-state index in [2.05, 4.69) is 15.3 Å². The standard InChI is InChI=1S/C22H31N3O5/c1-21(2,3)29-18(16-12-23-14-24-16)17(19(26)30-22(4,5)6)25-20(27)28-13-15-10-8-7-9-11-15/h7-12,14,17-18H,13H2,1-6H3,(H,23,24)(H,25,27). The van der Waals surface area contributed by atoms with Crippen LogP contribution < -0.4 is 5.32 Å². The lowest BCUT2D eigenvalue weighted by molar-refractivity contribution is -0.166. The minimum atomic E-state index is -1.15. The summed E-state index contributed by atoms with van der Waals surface area (Å²) in [4.78, 5) is 32.5. The van der Waals surface area contributed by atoms with Crippen molar-refractivity contribution in [2.75, 3.05) is 0 Å². The molecule has 0 bridgehead atoms. The van der Waals surface area contributed by atoms with Gasteiger partial charge in [-0.25, -0.2) is 14.6 Å². The molecule has 0 saturated heterocycles. The fourth-order valence-electron chi connectivity index (χ4n) is 2.63. The van der Waals surface area contributed by atoms with Crippen LogP contribution in [0.15, 0.2) is 42.9 Å². The Morgan fingerprint density at radius 1 is 1.07 bits per heavy atom. The third-order valence-electron chi connectivity index (χ3n) is 3.76. The maximum absolute atomic E-state index is 13.0. The van der Waals surface area contributed by atoms with Gasteiger partial charge in [-0.15, -0.1) is 0 Å². The Morgan fingerprint density at radius 3 is 2.27 bits per heavy atom. The van der Waals surface area contributed by atoms with E-state index in [0.717, 1.165) is 5.56 Å². The number of amides is 1. The van der Waals surface area contributed by atoms with Gasteiger partial charge in [-0.2, -0.15) is 0 Å². The lowest BCUT2D eigenvalue weighted by atomic mass is 10.1. The number of carbonyl (C=O) groups is 2. The molecule has 2 N–H and O–H groups in total. The normalized spacial score (nSPS) is 13.9. The molecular weight excluding hydrogens is 386 g/mol. The van der Waals surface area contributed by atoms with E-state index in [4.69, 9.17) is 14.2 Å². The van der Waals surface area contributed by atoms with Crippen LogP contribution in [0.2, 0.25) is 0 Å². The molecule has 1 aromatic heterocycles. The van der Waals surface area contributed by atoms with Crippen molar-refractivity contribution in [1.29, 1.82) is 0 Å². The highest BCUT2D eigenvalue weighted by Gasteiger charge is 2.38. The molecule has 0 spiro atoms. The predicted octanol–water partition coefficient (Wildman–Crippen LogP) is 3.90. The van der Waals surface area contributed by atoms with Crippen molar-refractivity contribution in [2.45, 2.75) is 71.5 Å². The number of esters is 1. The van der Waals surface area contributed by atoms with Crippen LogP contribution in [-0.4, -0.2) is 39.3 Å². The zero-order valence-electron chi connectivity index (χ0n) is 18.4. The van der Waals surface area contributed by atoms with Crippen LogP contribution in [0.25, 0.3) is 0 Å². The molecule has 2 aromatic rings. The zero-order chi connectivity index (χ0) is 22.4. The van der Waals surface area contributed by atoms with Crippen molar-refractivity contribution in [3.05, 3.63) is 54.1 Å². The third kappa shape index (κ3) is 7.87. The summed E-state index contributed by atoms with van der Waals surface area (Å²) in [7, 11) is 0. The van der Waals surface area contributed by atoms with Gasteiger partial charge in [0.2, 0.25) is 0 Å². The lowest BCUT2D eigenvalue weighted by Crippen LogP contribution is -2.49. The van der Waals surface area contributed by atoms with Crippen molar-refractivity contribution < 1.29 is 23.8 Å². The molecule has 8 heteroatoms. The summed E-state index contributed by atoms with van der Waals surface area (Å²) >= 11 is 0. The SMILES string of the molecule is CC(C)(C)OC(=O)C(NC(=O)OCc1ccccc1)C(OC(C)(C)C)c1cnc[nH]1. The molecule has 164 valence electrons. The number of alkyl carbamates (subject to hydrolysis) is 1. The first-order chi connectivity index (χ1) is 13.9. The van der Waals surface area contributed by atoms with Crippen molar-refractivity contribution in [3.63, 3.8) is 0 Å². The molecular formula is C22H31N3O5. The molecule has 1 heterocycles. The van der Waals surface area contributed by atoms with Crippen LogP contribution in [0.5, 0.6) is 0 Å². The molecule has 30 heavy (non-hydrogen) atoms. The fourth-order valence-corrected chi connectivity index (χ4v) is 2.63. The van der Waals surface area contributed by atoms with Crippen LogP contribution in [0.3, 0.4) is 0 Å². The van der Waals surface area contributed by atoms with Crippen LogP contribution in [0.4, 0.5) is 4.79 Å². The lowest BCUT2D eigenvalue weighted by Gasteiger charge is -2.33. The minimum absolute atomic E-state index is 0.0720. The van der Waals surface area contributed by atoms with E-state index in [9.17, 15) is 9.59 Å². The van der Waals surface area contributed by atoms with Crippen LogP contribution in [0, 0.1) is 0 Å². The smallest absolute Gasteiger partial charge is 0.408 e. The van der Waals surface area contributed by atoms with Gasteiger partial charge in [0.05, 0.1) is 23.8 Å². The molecule has 1 amide bonds. The molecule has 0 aliphatic carbocycles. The van der Waals surface area contributed by atoms with Gasteiger partial charge >= 0.3 is 12.1 Å². The molecule has 2 atom stereocenters. The molecule has 0 saturated carbocycles. The molecule has 0 fully saturated rings. The number of benzene rings is 1. The Kier molecular flexibility index (Phi) is 7.61. The second kappa shape index (κ2) is 9.75. The first-order valence-corrected chi connectivity index (χ1v) is 9.81. The largest absolute Gasteiger partial charge is 0.458 e. The molecule has 1 aromatic carbocycles. The average molecular weight is 418 g/mol. The first-order valence-electron chi connectivity index (χ1n) is 9.81. The number of nitrogens with one attached hydrogen (secondary N) is 2. The number of carbonyl (C=O) groups excluding carboxylic acids is 2. The number of ether oxygens (including phenoxy) is 3. The first kappa shape index (κ1) is 23.4. The molecule has 0 aliphatic heterocycles. The maximum atomic E-state index is 13.0. The second-order valence-corrected chi connectivity index (χ2v) is 8.87. The summed E-state index contributed by atoms with van der Waals surface area (Å²) in [5.41, 5.74) is 0.0123. The number of rotatable bonds is 7. The summed E-state index contributed by atoms with van der Waals surface area (Å²) in [6.07, 6.45) is 1.42. The quantitative estimate of drug-likeness (QED) is 0.663. The number of hydrogen-bond donors (Lipinski definition) is 2. The second-order valence-electron chi connectivity index (χ2n) is 8.87. The summed E-state index contributed by atoms with van der Waals surface area (Å²) in [5, 5.41) is 2.61. The number of imidazole rings is 1. The van der Waals surface area contributed by atoms with E-state index in [1.54, 1.807) is 27.0 Å². The highest BCUT2D eigenvalue weighted by molar-refractivity contribution is 5.82. The Balaban J connectivity index is 2.23. The van der Waals surface area contributed by atoms with Crippen molar-refractivity contribution >= 4 is 12.1 Å². The van der Waals surface area contributed by atoms with Gasteiger partial charge in [0.15, 0.2) is 6.04 Å². The Labute approximate surface area is 177 Å². The number of hydrogen-bond acceptors (Lipinski definition) is 6. The van der Waals surface area contributed by atoms with Gasteiger partial charge in [-0.1, -0.05) is 30.3 Å². The topological polar surface area (TPSA) is 103 Å². The van der Waals surface area contributed by atoms with Crippen molar-refractivity contribution in [3.8, 4) is 0 Å². The van der Waals surface area contributed by atoms with Crippen LogP contribution in [-0.2, 0) is 25.6 Å². The monoisotopic (exact) mass is 417 g/mol. The maximum Gasteiger partial charge on any atom is 0.408 e. The third-order valence-corrected chi connectivity index (χ3v) is 3.76. The van der Waals surface area contributed by atoms with E-state index in [1.807, 2.05) is 51.1 Å². The Morgan fingerprint density at radius 2 is 1.73 bits per heavy atom. The number of nitrogens with zero attached hydrogens (tertiary/aromatic N) is 1. The van der Waals surface area contributed by atoms with Gasteiger partial charge < -0.3 is 24.5 Å². The molecule has 2 rings (SSSR count). The Hall–Kier alpha value is -2.87. The zero-order valence-corrected chi connectivity index (χ0v) is 18.4. The summed E-state index contributed by atoms with van der Waals surface area (Å²) in [6.45, 7) is 10.9. The van der Waals surface area contributed by atoms with Gasteiger partial charge in [-0.3, -0.25) is 0 Å². The van der Waals surface area contributed by atoms with E-state index < -0.39 is 35.4 Å². The number of H-pyrrole nitrogens is 1. The molecule has 2 unspecified atom stereocenters. The van der Waals surface area contributed by atoms with E-state index in [1.165, 1.54) is 6.33 Å². The fraction of sp³-hybridized carbons (Fsp3) is 0.500. The van der Waals surface area contributed by atoms with Gasteiger partial charge in [0.25, 0.3) is 0 Å². The number of aromatic amines is 1. The van der Waals surface area contributed by atoms with Gasteiger partial charge in [0.1, 0.15) is 18.3 Å². The number of aromatic nitrogens is 2. The van der Waals surface area contributed by atoms with Crippen molar-refractivity contribution in [1.82, 2.24) is 15.3 Å². The average Bonchev–Trinajstić information content (AvgIpc) is 3.16. The summed E-state index contributed by atoms with van der Waals surface area (Å²) in [5.74, 6) is -0.636. The predicted molar refractivity (Wildman–Crippen MR) is 112 cm³/mol. The van der Waals surface area contributed by atoms with E-state index in [0.29, 0.717) is 5.69 Å². The summed E-state index contributed by atoms with van der Waals surface area (Å²) in [6, 6.07) is 8.12. The highest BCUT2D eigenvalue weighted by Crippen LogP contribution is 2.27. The van der Waals surface area contributed by atoms with Crippen LogP contribution >= 0.6 is 0 Å². The summed E-state index contributed by atoms with van der Waals surface area (Å²) < 4.78 is 16.9. The van der Waals surface area contributed by atoms with Crippen molar-refractivity contribution in [2.24, 2.45) is 0 Å². The van der Waals surface area contributed by atoms with Gasteiger partial charge in [-0.05, 0) is 47.1 Å². The minimum Gasteiger partial charge on any atom is -0.458 e. The van der Waals surface area contributed by atoms with E-state index in [-0.39, 0.29) is 6.61 Å².